The fourth-order valence-corrected chi connectivity index (χ4v) is 2.39. The molecule has 1 fully saturated rings. The van der Waals surface area contributed by atoms with Gasteiger partial charge in [-0.3, -0.25) is 4.79 Å². The zero-order valence-electron chi connectivity index (χ0n) is 12.3. The van der Waals surface area contributed by atoms with Crippen LogP contribution in [0.2, 0.25) is 0 Å². The van der Waals surface area contributed by atoms with Crippen LogP contribution in [0.3, 0.4) is 0 Å². The van der Waals surface area contributed by atoms with Gasteiger partial charge in [-0.25, -0.2) is 9.59 Å². The number of rotatable bonds is 4. The molecule has 0 aliphatic carbocycles. The average Bonchev–Trinajstić information content (AvgIpc) is 2.38. The molecule has 2 N–H and O–H groups in total. The zero-order chi connectivity index (χ0) is 15.3. The second-order valence-corrected chi connectivity index (χ2v) is 5.28. The Bertz CT molecular complexity index is 399. The van der Waals surface area contributed by atoms with E-state index in [1.807, 2.05) is 0 Å². The van der Waals surface area contributed by atoms with E-state index in [2.05, 4.69) is 5.32 Å². The van der Waals surface area contributed by atoms with Gasteiger partial charge >= 0.3 is 12.0 Å². The molecule has 7 nitrogen and oxygen atoms in total. The summed E-state index contributed by atoms with van der Waals surface area (Å²) in [7, 11) is 1.51. The third-order valence-electron chi connectivity index (χ3n) is 3.66. The third kappa shape index (κ3) is 3.40. The Morgan fingerprint density at radius 3 is 2.55 bits per heavy atom. The van der Waals surface area contributed by atoms with Crippen LogP contribution in [0.1, 0.15) is 33.1 Å². The number of carbonyl (C=O) groups is 3. The summed E-state index contributed by atoms with van der Waals surface area (Å²) in [6, 6.07) is -0.416. The molecular weight excluding hydrogens is 262 g/mol. The summed E-state index contributed by atoms with van der Waals surface area (Å²) in [5.74, 6) is -1.26. The van der Waals surface area contributed by atoms with E-state index in [0.717, 1.165) is 12.8 Å². The van der Waals surface area contributed by atoms with Crippen molar-refractivity contribution < 1.29 is 19.5 Å². The molecule has 20 heavy (non-hydrogen) atoms. The van der Waals surface area contributed by atoms with Gasteiger partial charge in [0, 0.05) is 20.1 Å². The second kappa shape index (κ2) is 6.58. The fraction of sp³-hybridized carbons (Fsp3) is 0.769. The first-order valence-corrected chi connectivity index (χ1v) is 6.85. The molecule has 1 saturated heterocycles. The first-order chi connectivity index (χ1) is 9.32. The van der Waals surface area contributed by atoms with Gasteiger partial charge in [-0.2, -0.15) is 0 Å². The summed E-state index contributed by atoms with van der Waals surface area (Å²) < 4.78 is 0. The lowest BCUT2D eigenvalue weighted by Gasteiger charge is -2.43. The molecule has 1 aliphatic heterocycles. The number of likely N-dealkylation sites (tertiary alicyclic amines) is 1. The van der Waals surface area contributed by atoms with E-state index < -0.39 is 17.5 Å². The molecule has 1 aliphatic rings. The summed E-state index contributed by atoms with van der Waals surface area (Å²) in [5.41, 5.74) is -1.19. The zero-order valence-corrected chi connectivity index (χ0v) is 12.3. The van der Waals surface area contributed by atoms with Gasteiger partial charge in [0.05, 0.1) is 0 Å². The first-order valence-electron chi connectivity index (χ1n) is 6.85. The van der Waals surface area contributed by atoms with E-state index in [0.29, 0.717) is 19.5 Å². The Hall–Kier alpha value is -1.79. The van der Waals surface area contributed by atoms with Crippen LogP contribution in [0.15, 0.2) is 0 Å². The van der Waals surface area contributed by atoms with Crippen molar-refractivity contribution in [2.75, 3.05) is 26.7 Å². The Balaban J connectivity index is 2.77. The van der Waals surface area contributed by atoms with E-state index in [9.17, 15) is 19.5 Å². The van der Waals surface area contributed by atoms with Crippen LogP contribution in [-0.4, -0.2) is 65.0 Å². The van der Waals surface area contributed by atoms with Crippen LogP contribution in [0, 0.1) is 0 Å². The number of aliphatic carboxylic acids is 1. The number of urea groups is 1. The third-order valence-corrected chi connectivity index (χ3v) is 3.66. The highest BCUT2D eigenvalue weighted by Gasteiger charge is 2.44. The highest BCUT2D eigenvalue weighted by atomic mass is 16.4. The molecule has 7 heteroatoms. The molecule has 0 radical (unpaired) electrons. The molecule has 1 atom stereocenters. The van der Waals surface area contributed by atoms with Gasteiger partial charge in [0.25, 0.3) is 0 Å². The number of amides is 3. The van der Waals surface area contributed by atoms with Gasteiger partial charge < -0.3 is 20.2 Å². The quantitative estimate of drug-likeness (QED) is 0.787. The first kappa shape index (κ1) is 16.3. The molecule has 1 rings (SSSR count). The molecule has 0 aromatic carbocycles. The molecule has 0 aromatic heterocycles. The average molecular weight is 285 g/mol. The molecule has 3 amide bonds. The van der Waals surface area contributed by atoms with Gasteiger partial charge in [0.15, 0.2) is 0 Å². The van der Waals surface area contributed by atoms with E-state index in [-0.39, 0.29) is 12.5 Å². The van der Waals surface area contributed by atoms with Crippen molar-refractivity contribution in [1.29, 1.82) is 0 Å². The van der Waals surface area contributed by atoms with Crippen molar-refractivity contribution in [3.8, 4) is 0 Å². The molecule has 1 heterocycles. The summed E-state index contributed by atoms with van der Waals surface area (Å²) in [5, 5.41) is 12.0. The number of piperidine rings is 1. The number of hydrogen-bond acceptors (Lipinski definition) is 3. The maximum Gasteiger partial charge on any atom is 0.329 e. The Morgan fingerprint density at radius 1 is 1.35 bits per heavy atom. The van der Waals surface area contributed by atoms with Crippen molar-refractivity contribution in [2.45, 2.75) is 38.6 Å². The molecule has 0 aromatic rings. The summed E-state index contributed by atoms with van der Waals surface area (Å²) >= 11 is 0. The van der Waals surface area contributed by atoms with E-state index in [1.54, 1.807) is 13.8 Å². The van der Waals surface area contributed by atoms with Crippen LogP contribution in [0.4, 0.5) is 4.79 Å². The van der Waals surface area contributed by atoms with Crippen LogP contribution < -0.4 is 5.32 Å². The standard InChI is InChI=1S/C13H23N3O4/c1-4-14-10(17)9-15(3)12(20)16-8-6-5-7-13(16,2)11(18)19/h4-9H2,1-3H3,(H,14,17)(H,18,19). The summed E-state index contributed by atoms with van der Waals surface area (Å²) in [4.78, 5) is 37.9. The number of carbonyl (C=O) groups excluding carboxylic acids is 2. The van der Waals surface area contributed by atoms with Gasteiger partial charge in [-0.1, -0.05) is 0 Å². The van der Waals surface area contributed by atoms with Gasteiger partial charge in [0.2, 0.25) is 5.91 Å². The summed E-state index contributed by atoms with van der Waals surface area (Å²) in [6.45, 7) is 4.19. The number of likely N-dealkylation sites (N-methyl/N-ethyl adjacent to an activating group) is 2. The molecule has 0 saturated carbocycles. The predicted molar refractivity (Wildman–Crippen MR) is 73.3 cm³/mol. The summed E-state index contributed by atoms with van der Waals surface area (Å²) in [6.07, 6.45) is 2.00. The maximum atomic E-state index is 12.4. The van der Waals surface area contributed by atoms with Crippen molar-refractivity contribution in [3.63, 3.8) is 0 Å². The predicted octanol–water partition coefficient (Wildman–Crippen LogP) is 0.504. The lowest BCUT2D eigenvalue weighted by Crippen LogP contribution is -2.60. The minimum Gasteiger partial charge on any atom is -0.480 e. The Labute approximate surface area is 118 Å². The smallest absolute Gasteiger partial charge is 0.329 e. The van der Waals surface area contributed by atoms with Gasteiger partial charge in [0.1, 0.15) is 12.1 Å². The Kier molecular flexibility index (Phi) is 5.35. The molecule has 0 spiro atoms. The van der Waals surface area contributed by atoms with Crippen LogP contribution in [0.25, 0.3) is 0 Å². The van der Waals surface area contributed by atoms with Crippen molar-refractivity contribution in [2.24, 2.45) is 0 Å². The molecular formula is C13H23N3O4. The normalized spacial score (nSPS) is 22.2. The highest BCUT2D eigenvalue weighted by Crippen LogP contribution is 2.29. The molecule has 1 unspecified atom stereocenters. The number of nitrogens with zero attached hydrogens (tertiary/aromatic N) is 2. The molecule has 114 valence electrons. The van der Waals surface area contributed by atoms with Crippen molar-refractivity contribution in [3.05, 3.63) is 0 Å². The monoisotopic (exact) mass is 285 g/mol. The van der Waals surface area contributed by atoms with E-state index in [4.69, 9.17) is 0 Å². The number of nitrogens with one attached hydrogen (secondary N) is 1. The van der Waals surface area contributed by atoms with Crippen LogP contribution >= 0.6 is 0 Å². The van der Waals surface area contributed by atoms with Crippen molar-refractivity contribution >= 4 is 17.9 Å². The lowest BCUT2D eigenvalue weighted by atomic mass is 9.89. The van der Waals surface area contributed by atoms with Gasteiger partial charge in [-0.15, -0.1) is 0 Å². The largest absolute Gasteiger partial charge is 0.480 e. The minimum atomic E-state index is -1.19. The SMILES string of the molecule is CCNC(=O)CN(C)C(=O)N1CCCCC1(C)C(=O)O. The van der Waals surface area contributed by atoms with E-state index >= 15 is 0 Å². The highest BCUT2D eigenvalue weighted by molar-refractivity contribution is 5.88. The number of carboxylic acids is 1. The van der Waals surface area contributed by atoms with E-state index in [1.165, 1.54) is 16.8 Å². The van der Waals surface area contributed by atoms with Crippen LogP contribution in [-0.2, 0) is 9.59 Å². The van der Waals surface area contributed by atoms with Crippen LogP contribution in [0.5, 0.6) is 0 Å². The Morgan fingerprint density at radius 2 is 2.00 bits per heavy atom. The number of hydrogen-bond donors (Lipinski definition) is 2. The fourth-order valence-electron chi connectivity index (χ4n) is 2.39. The molecule has 0 bridgehead atoms. The minimum absolute atomic E-state index is 0.0706. The lowest BCUT2D eigenvalue weighted by molar-refractivity contribution is -0.150. The second-order valence-electron chi connectivity index (χ2n) is 5.28. The topological polar surface area (TPSA) is 90.0 Å². The number of carboxylic acid groups (broad SMARTS) is 1. The maximum absolute atomic E-state index is 12.4. The van der Waals surface area contributed by atoms with Crippen molar-refractivity contribution in [1.82, 2.24) is 15.1 Å². The van der Waals surface area contributed by atoms with Gasteiger partial charge in [-0.05, 0) is 33.1 Å².